The highest BCUT2D eigenvalue weighted by atomic mass is 35.5. The van der Waals surface area contributed by atoms with Crippen LogP contribution in [0.2, 0.25) is 0 Å². The standard InChI is InChI=1S/C5H4Cl2/c6-4-1-2-5(7)3-4/h4-5H,3H2. The van der Waals surface area contributed by atoms with Gasteiger partial charge in [0.25, 0.3) is 0 Å². The topological polar surface area (TPSA) is 0 Å². The Morgan fingerprint density at radius 1 is 1.14 bits per heavy atom. The van der Waals surface area contributed by atoms with Crippen LogP contribution in [0.25, 0.3) is 0 Å². The molecule has 0 aromatic rings. The smallest absolute Gasteiger partial charge is 0.0967 e. The SMILES string of the molecule is ClC1C#CC(Cl)C1. The number of hydrogen-bond donors (Lipinski definition) is 0. The fourth-order valence-corrected chi connectivity index (χ4v) is 1.05. The zero-order chi connectivity index (χ0) is 5.28. The van der Waals surface area contributed by atoms with E-state index in [1.807, 2.05) is 0 Å². The van der Waals surface area contributed by atoms with Gasteiger partial charge < -0.3 is 0 Å². The molecule has 1 aliphatic rings. The van der Waals surface area contributed by atoms with Gasteiger partial charge in [0.2, 0.25) is 0 Å². The molecule has 2 unspecified atom stereocenters. The van der Waals surface area contributed by atoms with Crippen LogP contribution in [0.4, 0.5) is 0 Å². The maximum Gasteiger partial charge on any atom is 0.0967 e. The summed E-state index contributed by atoms with van der Waals surface area (Å²) in [4.78, 5) is 0. The minimum absolute atomic E-state index is 0.00231. The van der Waals surface area contributed by atoms with E-state index in [2.05, 4.69) is 11.8 Å². The van der Waals surface area contributed by atoms with E-state index in [9.17, 15) is 0 Å². The van der Waals surface area contributed by atoms with Crippen LogP contribution in [-0.2, 0) is 0 Å². The third-order valence-corrected chi connectivity index (χ3v) is 1.39. The fourth-order valence-electron chi connectivity index (χ4n) is 0.480. The van der Waals surface area contributed by atoms with Gasteiger partial charge in [-0.3, -0.25) is 0 Å². The molecular formula is C5H4Cl2. The van der Waals surface area contributed by atoms with Gasteiger partial charge in [-0.05, 0) is 0 Å². The van der Waals surface area contributed by atoms with Gasteiger partial charge in [0.15, 0.2) is 0 Å². The van der Waals surface area contributed by atoms with Crippen molar-refractivity contribution >= 4 is 23.2 Å². The Labute approximate surface area is 52.8 Å². The van der Waals surface area contributed by atoms with Crippen LogP contribution in [0, 0.1) is 11.8 Å². The first kappa shape index (κ1) is 5.28. The second kappa shape index (κ2) is 1.94. The average molecular weight is 135 g/mol. The Kier molecular flexibility index (Phi) is 1.46. The fraction of sp³-hybridized carbons (Fsp3) is 0.600. The summed E-state index contributed by atoms with van der Waals surface area (Å²) in [6.45, 7) is 0. The number of hydrogen-bond acceptors (Lipinski definition) is 0. The molecule has 2 heteroatoms. The van der Waals surface area contributed by atoms with Crippen molar-refractivity contribution < 1.29 is 0 Å². The van der Waals surface area contributed by atoms with Crippen molar-refractivity contribution in [3.63, 3.8) is 0 Å². The summed E-state index contributed by atoms with van der Waals surface area (Å²) >= 11 is 11.1. The molecule has 0 amide bonds. The van der Waals surface area contributed by atoms with Crippen LogP contribution in [0.1, 0.15) is 6.42 Å². The van der Waals surface area contributed by atoms with Crippen LogP contribution in [0.15, 0.2) is 0 Å². The minimum Gasteiger partial charge on any atom is -0.109 e. The summed E-state index contributed by atoms with van der Waals surface area (Å²) in [7, 11) is 0. The largest absolute Gasteiger partial charge is 0.109 e. The van der Waals surface area contributed by atoms with Gasteiger partial charge in [-0.2, -0.15) is 0 Å². The maximum absolute atomic E-state index is 5.55. The third kappa shape index (κ3) is 1.26. The molecular weight excluding hydrogens is 131 g/mol. The maximum atomic E-state index is 5.55. The van der Waals surface area contributed by atoms with Gasteiger partial charge >= 0.3 is 0 Å². The van der Waals surface area contributed by atoms with Crippen molar-refractivity contribution in [3.8, 4) is 11.8 Å². The van der Waals surface area contributed by atoms with Crippen LogP contribution < -0.4 is 0 Å². The van der Waals surface area contributed by atoms with Crippen LogP contribution in [0.5, 0.6) is 0 Å². The van der Waals surface area contributed by atoms with Gasteiger partial charge in [0, 0.05) is 6.42 Å². The summed E-state index contributed by atoms with van der Waals surface area (Å²) in [6.07, 6.45) is 0.781. The molecule has 38 valence electrons. The van der Waals surface area contributed by atoms with Crippen molar-refractivity contribution in [1.29, 1.82) is 0 Å². The van der Waals surface area contributed by atoms with E-state index >= 15 is 0 Å². The number of rotatable bonds is 0. The second-order valence-corrected chi connectivity index (χ2v) is 2.51. The number of halogens is 2. The highest BCUT2D eigenvalue weighted by molar-refractivity contribution is 6.27. The van der Waals surface area contributed by atoms with E-state index in [0.717, 1.165) is 6.42 Å². The Hall–Kier alpha value is 0.140. The Morgan fingerprint density at radius 3 is 1.71 bits per heavy atom. The van der Waals surface area contributed by atoms with Crippen molar-refractivity contribution in [2.24, 2.45) is 0 Å². The molecule has 0 saturated carbocycles. The van der Waals surface area contributed by atoms with E-state index in [-0.39, 0.29) is 10.8 Å². The van der Waals surface area contributed by atoms with Gasteiger partial charge in [0.1, 0.15) is 0 Å². The second-order valence-electron chi connectivity index (χ2n) is 1.46. The minimum atomic E-state index is 0.00231. The van der Waals surface area contributed by atoms with Gasteiger partial charge in [-0.25, -0.2) is 0 Å². The Morgan fingerprint density at radius 2 is 1.57 bits per heavy atom. The lowest BCUT2D eigenvalue weighted by Crippen LogP contribution is -1.94. The monoisotopic (exact) mass is 134 g/mol. The molecule has 0 N–H and O–H groups in total. The van der Waals surface area contributed by atoms with E-state index in [1.165, 1.54) is 0 Å². The predicted octanol–water partition coefficient (Wildman–Crippen LogP) is 1.61. The third-order valence-electron chi connectivity index (χ3n) is 0.810. The van der Waals surface area contributed by atoms with E-state index in [1.54, 1.807) is 0 Å². The summed E-state index contributed by atoms with van der Waals surface area (Å²) < 4.78 is 0. The van der Waals surface area contributed by atoms with E-state index in [0.29, 0.717) is 0 Å². The highest BCUT2D eigenvalue weighted by Crippen LogP contribution is 2.14. The van der Waals surface area contributed by atoms with Gasteiger partial charge in [-0.15, -0.1) is 23.2 Å². The first-order chi connectivity index (χ1) is 3.29. The lowest BCUT2D eigenvalue weighted by atomic mass is 10.3. The molecule has 0 bridgehead atoms. The van der Waals surface area contributed by atoms with Gasteiger partial charge in [-0.1, -0.05) is 11.8 Å². The molecule has 0 nitrogen and oxygen atoms in total. The Balaban J connectivity index is 2.48. The molecule has 0 fully saturated rings. The molecule has 2 atom stereocenters. The highest BCUT2D eigenvalue weighted by Gasteiger charge is 2.12. The van der Waals surface area contributed by atoms with Crippen LogP contribution in [-0.4, -0.2) is 10.8 Å². The molecule has 0 radical (unpaired) electrons. The van der Waals surface area contributed by atoms with Crippen molar-refractivity contribution in [3.05, 3.63) is 0 Å². The number of alkyl halides is 2. The molecule has 0 aromatic heterocycles. The Bertz CT molecular complexity index is 108. The van der Waals surface area contributed by atoms with E-state index in [4.69, 9.17) is 23.2 Å². The first-order valence-electron chi connectivity index (χ1n) is 2.08. The quantitative estimate of drug-likeness (QED) is 0.349. The zero-order valence-corrected chi connectivity index (χ0v) is 5.13. The summed E-state index contributed by atoms with van der Waals surface area (Å²) in [5.74, 6) is 5.51. The van der Waals surface area contributed by atoms with Crippen molar-refractivity contribution in [1.82, 2.24) is 0 Å². The van der Waals surface area contributed by atoms with Crippen LogP contribution in [0.3, 0.4) is 0 Å². The van der Waals surface area contributed by atoms with Crippen LogP contribution >= 0.6 is 23.2 Å². The molecule has 1 rings (SSSR count). The van der Waals surface area contributed by atoms with E-state index < -0.39 is 0 Å². The lowest BCUT2D eigenvalue weighted by Gasteiger charge is -1.91. The summed E-state index contributed by atoms with van der Waals surface area (Å²) in [6, 6.07) is 0. The summed E-state index contributed by atoms with van der Waals surface area (Å²) in [5, 5.41) is 0.00463. The molecule has 7 heavy (non-hydrogen) atoms. The van der Waals surface area contributed by atoms with Crippen molar-refractivity contribution in [2.75, 3.05) is 0 Å². The summed E-state index contributed by atoms with van der Waals surface area (Å²) in [5.41, 5.74) is 0. The molecule has 0 heterocycles. The lowest BCUT2D eigenvalue weighted by molar-refractivity contribution is 0.953. The van der Waals surface area contributed by atoms with Gasteiger partial charge in [0.05, 0.1) is 10.8 Å². The molecule has 0 aromatic carbocycles. The normalized spacial score (nSPS) is 37.4. The first-order valence-corrected chi connectivity index (χ1v) is 2.95. The zero-order valence-electron chi connectivity index (χ0n) is 3.62. The van der Waals surface area contributed by atoms with Crippen molar-refractivity contribution in [2.45, 2.75) is 17.2 Å². The molecule has 0 spiro atoms. The molecule has 1 aliphatic carbocycles. The average Bonchev–Trinajstić information content (AvgIpc) is 1.87. The molecule has 0 saturated heterocycles. The molecule has 0 aliphatic heterocycles. The predicted molar refractivity (Wildman–Crippen MR) is 31.7 cm³/mol.